The molecule has 1 saturated heterocycles. The average molecular weight is 332 g/mol. The van der Waals surface area contributed by atoms with E-state index < -0.39 is 0 Å². The molecule has 23 heavy (non-hydrogen) atoms. The summed E-state index contributed by atoms with van der Waals surface area (Å²) in [5, 5.41) is 0.0598. The molecule has 6 heteroatoms. The fourth-order valence-electron chi connectivity index (χ4n) is 2.68. The Labute approximate surface area is 137 Å². The maximum absolute atomic E-state index is 13.9. The van der Waals surface area contributed by atoms with E-state index in [0.717, 1.165) is 5.75 Å². The first-order valence-electron chi connectivity index (χ1n) is 7.49. The number of aromatic amines is 1. The molecule has 2 heterocycles. The van der Waals surface area contributed by atoms with Crippen molar-refractivity contribution in [1.82, 2.24) is 9.88 Å². The molecule has 1 aliphatic rings. The van der Waals surface area contributed by atoms with Crippen LogP contribution >= 0.6 is 11.8 Å². The summed E-state index contributed by atoms with van der Waals surface area (Å²) in [6, 6.07) is 9.70. The van der Waals surface area contributed by atoms with Crippen molar-refractivity contribution >= 4 is 17.7 Å². The van der Waals surface area contributed by atoms with E-state index >= 15 is 0 Å². The van der Waals surface area contributed by atoms with Gasteiger partial charge in [0.2, 0.25) is 5.56 Å². The van der Waals surface area contributed by atoms with Gasteiger partial charge in [0, 0.05) is 41.9 Å². The minimum atomic E-state index is -0.229. The molecule has 0 spiro atoms. The van der Waals surface area contributed by atoms with Gasteiger partial charge in [-0.25, -0.2) is 4.39 Å². The van der Waals surface area contributed by atoms with E-state index in [0.29, 0.717) is 30.6 Å². The Morgan fingerprint density at radius 2 is 2.04 bits per heavy atom. The number of benzene rings is 1. The summed E-state index contributed by atoms with van der Waals surface area (Å²) in [7, 11) is 0. The predicted octanol–water partition coefficient (Wildman–Crippen LogP) is 2.83. The molecule has 1 aromatic carbocycles. The smallest absolute Gasteiger partial charge is 0.255 e. The third-order valence-electron chi connectivity index (χ3n) is 3.91. The lowest BCUT2D eigenvalue weighted by Crippen LogP contribution is -2.33. The third-order valence-corrected chi connectivity index (χ3v) is 5.22. The molecular weight excluding hydrogens is 315 g/mol. The van der Waals surface area contributed by atoms with Crippen molar-refractivity contribution in [2.75, 3.05) is 18.8 Å². The van der Waals surface area contributed by atoms with E-state index in [-0.39, 0.29) is 22.5 Å². The van der Waals surface area contributed by atoms with Crippen LogP contribution in [-0.4, -0.2) is 34.6 Å². The molecule has 4 nitrogen and oxygen atoms in total. The zero-order valence-corrected chi connectivity index (χ0v) is 13.3. The molecule has 2 aromatic rings. The maximum atomic E-state index is 13.9. The van der Waals surface area contributed by atoms with E-state index in [9.17, 15) is 14.0 Å². The SMILES string of the molecule is O=C(c1ccc(=O)[nH]c1)N1CCS[C@H](c2ccccc2F)CC1. The van der Waals surface area contributed by atoms with Gasteiger partial charge in [0.15, 0.2) is 0 Å². The first-order valence-corrected chi connectivity index (χ1v) is 8.54. The van der Waals surface area contributed by atoms with Crippen LogP contribution in [0.2, 0.25) is 0 Å². The number of halogens is 1. The number of hydrogen-bond acceptors (Lipinski definition) is 3. The highest BCUT2D eigenvalue weighted by atomic mass is 32.2. The number of rotatable bonds is 2. The number of carbonyl (C=O) groups excluding carboxylic acids is 1. The second-order valence-corrected chi connectivity index (χ2v) is 6.71. The Hall–Kier alpha value is -2.08. The monoisotopic (exact) mass is 332 g/mol. The number of aromatic nitrogens is 1. The van der Waals surface area contributed by atoms with Crippen molar-refractivity contribution < 1.29 is 9.18 Å². The standard InChI is InChI=1S/C17H17FN2O2S/c18-14-4-2-1-3-13(14)15-7-8-20(9-10-23-15)17(22)12-5-6-16(21)19-11-12/h1-6,11,15H,7-10H2,(H,19,21)/t15-/m0/s1. The van der Waals surface area contributed by atoms with Gasteiger partial charge >= 0.3 is 0 Å². The van der Waals surface area contributed by atoms with Gasteiger partial charge in [-0.05, 0) is 18.6 Å². The molecule has 120 valence electrons. The predicted molar refractivity (Wildman–Crippen MR) is 89.2 cm³/mol. The Bertz CT molecular complexity index is 742. The zero-order valence-electron chi connectivity index (χ0n) is 12.5. The first-order chi connectivity index (χ1) is 11.1. The number of H-pyrrole nitrogens is 1. The second-order valence-electron chi connectivity index (χ2n) is 5.40. The van der Waals surface area contributed by atoms with Gasteiger partial charge in [-0.2, -0.15) is 11.8 Å². The lowest BCUT2D eigenvalue weighted by Gasteiger charge is -2.20. The molecule has 1 aliphatic heterocycles. The number of amides is 1. The topological polar surface area (TPSA) is 53.2 Å². The lowest BCUT2D eigenvalue weighted by molar-refractivity contribution is 0.0766. The summed E-state index contributed by atoms with van der Waals surface area (Å²) in [5.74, 6) is 0.468. The number of nitrogens with zero attached hydrogens (tertiary/aromatic N) is 1. The van der Waals surface area contributed by atoms with Crippen molar-refractivity contribution in [2.24, 2.45) is 0 Å². The number of pyridine rings is 1. The summed E-state index contributed by atoms with van der Waals surface area (Å²) in [6.07, 6.45) is 2.15. The summed E-state index contributed by atoms with van der Waals surface area (Å²) >= 11 is 1.68. The molecule has 0 bridgehead atoms. The van der Waals surface area contributed by atoms with Crippen molar-refractivity contribution in [2.45, 2.75) is 11.7 Å². The summed E-state index contributed by atoms with van der Waals surface area (Å²) in [5.41, 5.74) is 0.947. The second kappa shape index (κ2) is 7.00. The molecule has 3 rings (SSSR count). The highest BCUT2D eigenvalue weighted by Gasteiger charge is 2.24. The van der Waals surface area contributed by atoms with Crippen LogP contribution in [0.25, 0.3) is 0 Å². The maximum Gasteiger partial charge on any atom is 0.255 e. The van der Waals surface area contributed by atoms with Crippen molar-refractivity contribution in [3.8, 4) is 0 Å². The largest absolute Gasteiger partial charge is 0.338 e. The molecule has 1 N–H and O–H groups in total. The van der Waals surface area contributed by atoms with Crippen molar-refractivity contribution in [1.29, 1.82) is 0 Å². The molecule has 0 radical (unpaired) electrons. The van der Waals surface area contributed by atoms with Gasteiger partial charge in [-0.15, -0.1) is 0 Å². The number of hydrogen-bond donors (Lipinski definition) is 1. The van der Waals surface area contributed by atoms with Gasteiger partial charge in [0.05, 0.1) is 5.56 Å². The van der Waals surface area contributed by atoms with Crippen LogP contribution in [0.4, 0.5) is 4.39 Å². The van der Waals surface area contributed by atoms with Crippen LogP contribution in [0.1, 0.15) is 27.6 Å². The Kier molecular flexibility index (Phi) is 4.81. The summed E-state index contributed by atoms with van der Waals surface area (Å²) in [4.78, 5) is 27.9. The van der Waals surface area contributed by atoms with Crippen LogP contribution in [0.3, 0.4) is 0 Å². The number of nitrogens with one attached hydrogen (secondary N) is 1. The van der Waals surface area contributed by atoms with Crippen LogP contribution in [0.5, 0.6) is 0 Å². The Morgan fingerprint density at radius 1 is 1.22 bits per heavy atom. The van der Waals surface area contributed by atoms with Crippen molar-refractivity contribution in [3.05, 3.63) is 69.9 Å². The Balaban J connectivity index is 1.71. The van der Waals surface area contributed by atoms with Gasteiger partial charge in [-0.3, -0.25) is 9.59 Å². The van der Waals surface area contributed by atoms with E-state index in [2.05, 4.69) is 4.98 Å². The molecule has 0 saturated carbocycles. The van der Waals surface area contributed by atoms with Gasteiger partial charge < -0.3 is 9.88 Å². The minimum absolute atomic E-state index is 0.0598. The highest BCUT2D eigenvalue weighted by molar-refractivity contribution is 7.99. The minimum Gasteiger partial charge on any atom is -0.338 e. The van der Waals surface area contributed by atoms with E-state index in [1.165, 1.54) is 24.4 Å². The quantitative estimate of drug-likeness (QED) is 0.920. The van der Waals surface area contributed by atoms with Crippen molar-refractivity contribution in [3.63, 3.8) is 0 Å². The fourth-order valence-corrected chi connectivity index (χ4v) is 3.94. The van der Waals surface area contributed by atoms with Gasteiger partial charge in [-0.1, -0.05) is 18.2 Å². The highest BCUT2D eigenvalue weighted by Crippen LogP contribution is 2.35. The van der Waals surface area contributed by atoms with E-state index in [1.54, 1.807) is 22.7 Å². The molecule has 1 atom stereocenters. The molecular formula is C17H17FN2O2S. The third kappa shape index (κ3) is 3.64. The molecule has 0 aliphatic carbocycles. The number of carbonyl (C=O) groups is 1. The van der Waals surface area contributed by atoms with Gasteiger partial charge in [0.1, 0.15) is 5.82 Å². The average Bonchev–Trinajstić information content (AvgIpc) is 2.81. The van der Waals surface area contributed by atoms with Crippen LogP contribution in [0, 0.1) is 5.82 Å². The zero-order chi connectivity index (χ0) is 16.2. The normalized spacial score (nSPS) is 18.5. The van der Waals surface area contributed by atoms with E-state index in [4.69, 9.17) is 0 Å². The summed E-state index contributed by atoms with van der Waals surface area (Å²) < 4.78 is 13.9. The number of thioether (sulfide) groups is 1. The van der Waals surface area contributed by atoms with E-state index in [1.807, 2.05) is 12.1 Å². The first kappa shape index (κ1) is 15.8. The molecule has 0 unspecified atom stereocenters. The van der Waals surface area contributed by atoms with Gasteiger partial charge in [0.25, 0.3) is 5.91 Å². The fraction of sp³-hybridized carbons (Fsp3) is 0.294. The Morgan fingerprint density at radius 3 is 2.78 bits per heavy atom. The molecule has 1 amide bonds. The van der Waals surface area contributed by atoms with Crippen LogP contribution < -0.4 is 5.56 Å². The molecule has 1 aromatic heterocycles. The van der Waals surface area contributed by atoms with Crippen LogP contribution in [0.15, 0.2) is 47.4 Å². The lowest BCUT2D eigenvalue weighted by atomic mass is 10.1. The summed E-state index contributed by atoms with van der Waals surface area (Å²) in [6.45, 7) is 1.19. The molecule has 1 fully saturated rings. The van der Waals surface area contributed by atoms with Crippen LogP contribution in [-0.2, 0) is 0 Å².